The molecule has 0 radical (unpaired) electrons. The molecule has 2 heterocycles. The minimum atomic E-state index is 1.02. The molecule has 3 nitrogen and oxygen atoms in total. The van der Waals surface area contributed by atoms with Gasteiger partial charge in [0.1, 0.15) is 7.05 Å². The van der Waals surface area contributed by atoms with E-state index in [0.29, 0.717) is 0 Å². The van der Waals surface area contributed by atoms with E-state index in [9.17, 15) is 0 Å². The number of rotatable bonds is 1. The summed E-state index contributed by atoms with van der Waals surface area (Å²) < 4.78 is 4.23. The fourth-order valence-corrected chi connectivity index (χ4v) is 3.01. The quantitative estimate of drug-likeness (QED) is 0.389. The molecule has 2 aromatic heterocycles. The van der Waals surface area contributed by atoms with E-state index in [2.05, 4.69) is 75.9 Å². The Bertz CT molecular complexity index is 1010. The van der Waals surface area contributed by atoms with Gasteiger partial charge < -0.3 is 0 Å². The van der Waals surface area contributed by atoms with Crippen LogP contribution in [-0.4, -0.2) is 4.98 Å². The third-order valence-electron chi connectivity index (χ3n) is 4.14. The topological polar surface area (TPSA) is 20.6 Å². The van der Waals surface area contributed by atoms with Gasteiger partial charge in [-0.2, -0.15) is 4.57 Å². The smallest absolute Gasteiger partial charge is 0.227 e. The number of hydrogen-bond acceptors (Lipinski definition) is 1. The SMILES string of the molecule is C[n+]1ccccc1-c1c2cc3ccccc3cc2nc[n+]1C. The van der Waals surface area contributed by atoms with E-state index in [1.54, 1.807) is 0 Å². The first-order valence-electron chi connectivity index (χ1n) is 7.36. The Hall–Kier alpha value is -2.81. The third-order valence-corrected chi connectivity index (χ3v) is 4.14. The summed E-state index contributed by atoms with van der Waals surface area (Å²) in [5, 5.41) is 3.63. The molecule has 0 atom stereocenters. The van der Waals surface area contributed by atoms with Crippen LogP contribution in [0.1, 0.15) is 0 Å². The van der Waals surface area contributed by atoms with Gasteiger partial charge in [-0.3, -0.25) is 0 Å². The molecule has 0 fully saturated rings. The molecule has 0 unspecified atom stereocenters. The van der Waals surface area contributed by atoms with E-state index in [1.807, 2.05) is 19.4 Å². The summed E-state index contributed by atoms with van der Waals surface area (Å²) in [5.74, 6) is 0. The average molecular weight is 287 g/mol. The second kappa shape index (κ2) is 4.88. The van der Waals surface area contributed by atoms with Crippen molar-refractivity contribution >= 4 is 21.7 Å². The van der Waals surface area contributed by atoms with Crippen LogP contribution in [0.3, 0.4) is 0 Å². The highest BCUT2D eigenvalue weighted by Gasteiger charge is 2.21. The van der Waals surface area contributed by atoms with Crippen molar-refractivity contribution in [3.8, 4) is 11.4 Å². The van der Waals surface area contributed by atoms with Gasteiger partial charge in [0, 0.05) is 12.1 Å². The van der Waals surface area contributed by atoms with Crippen LogP contribution in [0.15, 0.2) is 67.1 Å². The van der Waals surface area contributed by atoms with Crippen LogP contribution in [0.2, 0.25) is 0 Å². The van der Waals surface area contributed by atoms with Gasteiger partial charge in [-0.25, -0.2) is 4.57 Å². The minimum Gasteiger partial charge on any atom is -0.227 e. The molecule has 2 aromatic carbocycles. The zero-order valence-electron chi connectivity index (χ0n) is 12.7. The maximum atomic E-state index is 4.60. The standard InChI is InChI=1S/C19H17N3/c1-21-10-6-5-9-18(21)19-16-11-14-7-3-4-8-15(14)12-17(16)20-13-22(19)2/h3-13H,1-2H3/q+2. The number of hydrogen-bond donors (Lipinski definition) is 0. The lowest BCUT2D eigenvalue weighted by Crippen LogP contribution is -2.38. The highest BCUT2D eigenvalue weighted by atomic mass is 15.0. The fraction of sp³-hybridized carbons (Fsp3) is 0.105. The number of aryl methyl sites for hydroxylation is 2. The normalized spacial score (nSPS) is 11.2. The predicted octanol–water partition coefficient (Wildman–Crippen LogP) is 2.70. The van der Waals surface area contributed by atoms with Gasteiger partial charge in [0.05, 0.1) is 12.4 Å². The van der Waals surface area contributed by atoms with E-state index < -0.39 is 0 Å². The van der Waals surface area contributed by atoms with Crippen LogP contribution in [0, 0.1) is 0 Å². The first-order valence-corrected chi connectivity index (χ1v) is 7.36. The maximum Gasteiger partial charge on any atom is 0.287 e. The Morgan fingerprint density at radius 1 is 0.818 bits per heavy atom. The second-order valence-corrected chi connectivity index (χ2v) is 5.62. The fourth-order valence-electron chi connectivity index (χ4n) is 3.01. The molecule has 22 heavy (non-hydrogen) atoms. The molecule has 106 valence electrons. The Balaban J connectivity index is 2.15. The number of benzene rings is 2. The average Bonchev–Trinajstić information content (AvgIpc) is 2.54. The molecule has 0 amide bonds. The zero-order valence-corrected chi connectivity index (χ0v) is 12.7. The first-order chi connectivity index (χ1) is 10.7. The van der Waals surface area contributed by atoms with E-state index in [0.717, 1.165) is 5.52 Å². The van der Waals surface area contributed by atoms with Crippen LogP contribution in [-0.2, 0) is 14.1 Å². The molecule has 0 saturated heterocycles. The van der Waals surface area contributed by atoms with E-state index in [-0.39, 0.29) is 0 Å². The summed E-state index contributed by atoms with van der Waals surface area (Å²) in [5.41, 5.74) is 3.38. The molecule has 4 aromatic rings. The van der Waals surface area contributed by atoms with Crippen molar-refractivity contribution in [3.05, 3.63) is 67.1 Å². The number of nitrogens with zero attached hydrogens (tertiary/aromatic N) is 3. The molecule has 0 bridgehead atoms. The molecule has 0 aliphatic heterocycles. The summed E-state index contributed by atoms with van der Waals surface area (Å²) in [4.78, 5) is 4.60. The van der Waals surface area contributed by atoms with E-state index in [1.165, 1.54) is 27.5 Å². The van der Waals surface area contributed by atoms with Gasteiger partial charge in [0.2, 0.25) is 5.69 Å². The maximum absolute atomic E-state index is 4.60. The molecular weight excluding hydrogens is 270 g/mol. The van der Waals surface area contributed by atoms with Gasteiger partial charge in [-0.15, -0.1) is 0 Å². The Morgan fingerprint density at radius 2 is 1.55 bits per heavy atom. The van der Waals surface area contributed by atoms with Crippen molar-refractivity contribution in [3.63, 3.8) is 0 Å². The highest BCUT2D eigenvalue weighted by Crippen LogP contribution is 2.26. The highest BCUT2D eigenvalue weighted by molar-refractivity contribution is 6.00. The van der Waals surface area contributed by atoms with Crippen LogP contribution in [0.5, 0.6) is 0 Å². The summed E-state index contributed by atoms with van der Waals surface area (Å²) >= 11 is 0. The van der Waals surface area contributed by atoms with Crippen LogP contribution >= 0.6 is 0 Å². The van der Waals surface area contributed by atoms with Crippen LogP contribution in [0.4, 0.5) is 0 Å². The molecule has 4 rings (SSSR count). The molecule has 0 aliphatic carbocycles. The first kappa shape index (κ1) is 12.9. The Labute approximate surface area is 129 Å². The largest absolute Gasteiger partial charge is 0.287 e. The molecule has 0 saturated carbocycles. The van der Waals surface area contributed by atoms with Gasteiger partial charge in [-0.05, 0) is 34.0 Å². The molecule has 0 aliphatic rings. The van der Waals surface area contributed by atoms with E-state index >= 15 is 0 Å². The van der Waals surface area contributed by atoms with Crippen LogP contribution < -0.4 is 9.13 Å². The summed E-state index contributed by atoms with van der Waals surface area (Å²) in [6.07, 6.45) is 3.96. The summed E-state index contributed by atoms with van der Waals surface area (Å²) in [6.45, 7) is 0. The zero-order chi connectivity index (χ0) is 15.1. The Morgan fingerprint density at radius 3 is 2.32 bits per heavy atom. The van der Waals surface area contributed by atoms with Gasteiger partial charge >= 0.3 is 0 Å². The second-order valence-electron chi connectivity index (χ2n) is 5.62. The van der Waals surface area contributed by atoms with Crippen molar-refractivity contribution in [1.29, 1.82) is 0 Å². The monoisotopic (exact) mass is 287 g/mol. The van der Waals surface area contributed by atoms with Crippen LogP contribution in [0.25, 0.3) is 33.1 Å². The van der Waals surface area contributed by atoms with Crippen molar-refractivity contribution in [2.24, 2.45) is 14.1 Å². The number of aromatic nitrogens is 3. The lowest BCUT2D eigenvalue weighted by Gasteiger charge is -2.05. The summed E-state index contributed by atoms with van der Waals surface area (Å²) in [7, 11) is 4.12. The van der Waals surface area contributed by atoms with Crippen molar-refractivity contribution < 1.29 is 9.13 Å². The number of fused-ring (bicyclic) bond motifs is 2. The lowest BCUT2D eigenvalue weighted by molar-refractivity contribution is -0.690. The molecular formula is C19H17N3+2. The summed E-state index contributed by atoms with van der Waals surface area (Å²) in [6, 6.07) is 19.1. The number of pyridine rings is 1. The molecule has 0 spiro atoms. The molecule has 0 N–H and O–H groups in total. The predicted molar refractivity (Wildman–Crippen MR) is 87.0 cm³/mol. The minimum absolute atomic E-state index is 1.02. The van der Waals surface area contributed by atoms with Crippen molar-refractivity contribution in [1.82, 2.24) is 4.98 Å². The van der Waals surface area contributed by atoms with Crippen molar-refractivity contribution in [2.45, 2.75) is 0 Å². The van der Waals surface area contributed by atoms with Gasteiger partial charge in [-0.1, -0.05) is 24.3 Å². The van der Waals surface area contributed by atoms with Crippen molar-refractivity contribution in [2.75, 3.05) is 0 Å². The Kier molecular flexibility index (Phi) is 2.86. The van der Waals surface area contributed by atoms with E-state index in [4.69, 9.17) is 0 Å². The van der Waals surface area contributed by atoms with Gasteiger partial charge in [0.15, 0.2) is 11.7 Å². The lowest BCUT2D eigenvalue weighted by atomic mass is 10.0. The molecule has 3 heteroatoms. The van der Waals surface area contributed by atoms with Gasteiger partial charge in [0.25, 0.3) is 12.0 Å². The third kappa shape index (κ3) is 1.94.